The van der Waals surface area contributed by atoms with E-state index >= 15 is 0 Å². The maximum absolute atomic E-state index is 12.8. The van der Waals surface area contributed by atoms with Crippen LogP contribution in [0.5, 0.6) is 0 Å². The number of benzene rings is 2. The molecule has 0 spiro atoms. The lowest BCUT2D eigenvalue weighted by atomic mass is 10.1. The van der Waals surface area contributed by atoms with Crippen LogP contribution < -0.4 is 10.7 Å². The lowest BCUT2D eigenvalue weighted by Crippen LogP contribution is -2.21. The van der Waals surface area contributed by atoms with Gasteiger partial charge in [-0.1, -0.05) is 35.6 Å². The molecule has 1 aliphatic carbocycles. The van der Waals surface area contributed by atoms with Crippen LogP contribution in [0.4, 0.5) is 5.13 Å². The van der Waals surface area contributed by atoms with Crippen molar-refractivity contribution in [1.82, 2.24) is 14.8 Å². The highest BCUT2D eigenvalue weighted by molar-refractivity contribution is 7.15. The second-order valence-corrected chi connectivity index (χ2v) is 7.73. The van der Waals surface area contributed by atoms with E-state index in [1.807, 2.05) is 41.0 Å². The molecular formula is C20H16N4O2S. The number of nitrogens with one attached hydrogen (secondary N) is 1. The summed E-state index contributed by atoms with van der Waals surface area (Å²) in [6.45, 7) is 0.0969. The van der Waals surface area contributed by atoms with Crippen LogP contribution >= 0.6 is 11.3 Å². The van der Waals surface area contributed by atoms with E-state index in [1.54, 1.807) is 12.1 Å². The molecule has 0 saturated heterocycles. The van der Waals surface area contributed by atoms with Gasteiger partial charge in [0.2, 0.25) is 11.0 Å². The molecule has 0 radical (unpaired) electrons. The van der Waals surface area contributed by atoms with Crippen LogP contribution in [0.15, 0.2) is 53.3 Å². The minimum atomic E-state index is -0.188. The summed E-state index contributed by atoms with van der Waals surface area (Å²) in [5.41, 5.74) is 1.47. The second kappa shape index (κ2) is 6.28. The van der Waals surface area contributed by atoms with Crippen LogP contribution in [-0.4, -0.2) is 20.7 Å². The third-order valence-corrected chi connectivity index (χ3v) is 5.80. The molecular weight excluding hydrogens is 360 g/mol. The third kappa shape index (κ3) is 2.90. The van der Waals surface area contributed by atoms with Gasteiger partial charge < -0.3 is 4.57 Å². The molecule has 2 aromatic heterocycles. The molecule has 6 nitrogen and oxygen atoms in total. The fraction of sp³-hybridized carbons (Fsp3) is 0.200. The van der Waals surface area contributed by atoms with Crippen molar-refractivity contribution in [3.8, 4) is 0 Å². The average Bonchev–Trinajstić information content (AvgIpc) is 3.45. The van der Waals surface area contributed by atoms with Gasteiger partial charge in [-0.3, -0.25) is 14.9 Å². The Morgan fingerprint density at radius 3 is 2.30 bits per heavy atom. The van der Waals surface area contributed by atoms with E-state index in [-0.39, 0.29) is 17.9 Å². The number of nitrogens with zero attached hydrogens (tertiary/aromatic N) is 3. The summed E-state index contributed by atoms with van der Waals surface area (Å²) in [5, 5.41) is 13.8. The number of para-hydroxylation sites is 2. The molecule has 27 heavy (non-hydrogen) atoms. The molecule has 4 aromatic rings. The summed E-state index contributed by atoms with van der Waals surface area (Å²) < 4.78 is 1.88. The van der Waals surface area contributed by atoms with Crippen LogP contribution in [0.1, 0.15) is 23.8 Å². The first kappa shape index (κ1) is 16.1. The number of rotatable bonds is 4. The van der Waals surface area contributed by atoms with E-state index in [9.17, 15) is 9.59 Å². The van der Waals surface area contributed by atoms with Crippen molar-refractivity contribution >= 4 is 44.2 Å². The first-order valence-electron chi connectivity index (χ1n) is 8.84. The minimum Gasteiger partial charge on any atom is -0.331 e. The lowest BCUT2D eigenvalue weighted by molar-refractivity contribution is -0.116. The zero-order valence-electron chi connectivity index (χ0n) is 14.4. The van der Waals surface area contributed by atoms with Crippen molar-refractivity contribution in [2.24, 2.45) is 0 Å². The summed E-state index contributed by atoms with van der Waals surface area (Å²) in [6.07, 6.45) is 2.30. The van der Waals surface area contributed by atoms with Crippen LogP contribution in [0, 0.1) is 0 Å². The smallest absolute Gasteiger partial charge is 0.246 e. The molecule has 0 atom stereocenters. The minimum absolute atomic E-state index is 0.0175. The monoisotopic (exact) mass is 376 g/mol. The van der Waals surface area contributed by atoms with Gasteiger partial charge >= 0.3 is 0 Å². The van der Waals surface area contributed by atoms with Crippen LogP contribution in [0.25, 0.3) is 21.8 Å². The summed E-state index contributed by atoms with van der Waals surface area (Å²) in [4.78, 5) is 25.4. The topological polar surface area (TPSA) is 76.9 Å². The Kier molecular flexibility index (Phi) is 3.75. The van der Waals surface area contributed by atoms with Crippen molar-refractivity contribution in [1.29, 1.82) is 0 Å². The molecule has 134 valence electrons. The predicted molar refractivity (Wildman–Crippen MR) is 106 cm³/mol. The van der Waals surface area contributed by atoms with E-state index in [4.69, 9.17) is 0 Å². The maximum atomic E-state index is 12.8. The number of carbonyl (C=O) groups excluding carboxylic acids is 1. The molecule has 1 saturated carbocycles. The van der Waals surface area contributed by atoms with Crippen molar-refractivity contribution < 1.29 is 4.79 Å². The summed E-state index contributed by atoms with van der Waals surface area (Å²) in [5.74, 6) is 0.326. The SMILES string of the molecule is O=C(Cn1c2ccccc2c(=O)c2ccccc21)Nc1nnc(C2CC2)s1. The van der Waals surface area contributed by atoms with Gasteiger partial charge in [-0.15, -0.1) is 10.2 Å². The molecule has 2 heterocycles. The van der Waals surface area contributed by atoms with Crippen molar-refractivity contribution in [3.63, 3.8) is 0 Å². The molecule has 1 N–H and O–H groups in total. The largest absolute Gasteiger partial charge is 0.331 e. The van der Waals surface area contributed by atoms with Gasteiger partial charge in [-0.2, -0.15) is 0 Å². The number of hydrogen-bond donors (Lipinski definition) is 1. The number of fused-ring (bicyclic) bond motifs is 2. The van der Waals surface area contributed by atoms with E-state index in [1.165, 1.54) is 11.3 Å². The normalized spacial score (nSPS) is 13.9. The first-order chi connectivity index (χ1) is 13.2. The molecule has 1 amide bonds. The maximum Gasteiger partial charge on any atom is 0.246 e. The van der Waals surface area contributed by atoms with E-state index in [0.29, 0.717) is 21.8 Å². The van der Waals surface area contributed by atoms with Gasteiger partial charge in [0, 0.05) is 16.7 Å². The number of anilines is 1. The Labute approximate surface area is 158 Å². The Bertz CT molecular complexity index is 1180. The molecule has 1 aliphatic rings. The first-order valence-corrected chi connectivity index (χ1v) is 9.66. The number of carbonyl (C=O) groups is 1. The molecule has 2 aromatic carbocycles. The Hall–Kier alpha value is -3.06. The predicted octanol–water partition coefficient (Wildman–Crippen LogP) is 3.52. The highest BCUT2D eigenvalue weighted by Crippen LogP contribution is 2.42. The second-order valence-electron chi connectivity index (χ2n) is 6.72. The van der Waals surface area contributed by atoms with E-state index < -0.39 is 0 Å². The highest BCUT2D eigenvalue weighted by atomic mass is 32.1. The molecule has 0 bridgehead atoms. The van der Waals surface area contributed by atoms with Crippen LogP contribution in [0.3, 0.4) is 0 Å². The summed E-state index contributed by atoms with van der Waals surface area (Å²) in [6, 6.07) is 14.7. The number of amides is 1. The number of aromatic nitrogens is 3. The van der Waals surface area contributed by atoms with Gasteiger partial charge in [0.1, 0.15) is 11.6 Å². The zero-order chi connectivity index (χ0) is 18.4. The van der Waals surface area contributed by atoms with Gasteiger partial charge in [-0.25, -0.2) is 0 Å². The highest BCUT2D eigenvalue weighted by Gasteiger charge is 2.27. The van der Waals surface area contributed by atoms with E-state index in [0.717, 1.165) is 28.9 Å². The Balaban J connectivity index is 1.53. The number of hydrogen-bond acceptors (Lipinski definition) is 5. The van der Waals surface area contributed by atoms with Crippen molar-refractivity contribution in [2.45, 2.75) is 25.3 Å². The molecule has 0 aliphatic heterocycles. The lowest BCUT2D eigenvalue weighted by Gasteiger charge is -2.14. The van der Waals surface area contributed by atoms with Crippen LogP contribution in [-0.2, 0) is 11.3 Å². The fourth-order valence-electron chi connectivity index (χ4n) is 3.33. The summed E-state index contributed by atoms with van der Waals surface area (Å²) >= 11 is 1.44. The Morgan fingerprint density at radius 2 is 1.67 bits per heavy atom. The third-order valence-electron chi connectivity index (χ3n) is 4.79. The van der Waals surface area contributed by atoms with Gasteiger partial charge in [-0.05, 0) is 37.1 Å². The fourth-order valence-corrected chi connectivity index (χ4v) is 4.26. The standard InChI is InChI=1S/C20H16N4O2S/c25-17(21-20-23-22-19(27-20)12-9-10-12)11-24-15-7-3-1-5-13(15)18(26)14-6-2-4-8-16(14)24/h1-8,12H,9-11H2,(H,21,23,25). The van der Waals surface area contributed by atoms with Gasteiger partial charge in [0.25, 0.3) is 0 Å². The van der Waals surface area contributed by atoms with Crippen molar-refractivity contribution in [2.75, 3.05) is 5.32 Å². The zero-order valence-corrected chi connectivity index (χ0v) is 15.2. The quantitative estimate of drug-likeness (QED) is 0.553. The molecule has 0 unspecified atom stereocenters. The molecule has 7 heteroatoms. The molecule has 1 fully saturated rings. The van der Waals surface area contributed by atoms with Gasteiger partial charge in [0.05, 0.1) is 11.0 Å². The Morgan fingerprint density at radius 1 is 1.04 bits per heavy atom. The summed E-state index contributed by atoms with van der Waals surface area (Å²) in [7, 11) is 0. The van der Waals surface area contributed by atoms with E-state index in [2.05, 4.69) is 15.5 Å². The van der Waals surface area contributed by atoms with Crippen LogP contribution in [0.2, 0.25) is 0 Å². The molecule has 5 rings (SSSR count). The van der Waals surface area contributed by atoms with Gasteiger partial charge in [0.15, 0.2) is 5.43 Å². The number of pyridine rings is 1. The average molecular weight is 376 g/mol. The van der Waals surface area contributed by atoms with Crippen molar-refractivity contribution in [3.05, 3.63) is 63.8 Å².